The number of aliphatic hydroxyl groups is 1. The van der Waals surface area contributed by atoms with Crippen LogP contribution in [0.3, 0.4) is 0 Å². The molecule has 0 aromatic heterocycles. The molecule has 1 heterocycles. The topological polar surface area (TPSA) is 61.5 Å². The van der Waals surface area contributed by atoms with Gasteiger partial charge in [-0.1, -0.05) is 0 Å². The second-order valence-corrected chi connectivity index (χ2v) is 2.54. The lowest BCUT2D eigenvalue weighted by Crippen LogP contribution is -2.53. The zero-order valence-corrected chi connectivity index (χ0v) is 6.08. The minimum Gasteiger partial charge on any atom is -0.393 e. The number of piperazine rings is 1. The first kappa shape index (κ1) is 7.94. The zero-order valence-electron chi connectivity index (χ0n) is 6.08. The van der Waals surface area contributed by atoms with Crippen molar-refractivity contribution in [3.8, 4) is 0 Å². The summed E-state index contributed by atoms with van der Waals surface area (Å²) in [6, 6.07) is 0. The molecule has 0 radical (unpaired) electrons. The van der Waals surface area contributed by atoms with Crippen molar-refractivity contribution in [3.63, 3.8) is 0 Å². The van der Waals surface area contributed by atoms with Crippen LogP contribution in [0.1, 0.15) is 0 Å². The van der Waals surface area contributed by atoms with Crippen LogP contribution in [0.5, 0.6) is 0 Å². The van der Waals surface area contributed by atoms with Gasteiger partial charge in [-0.25, -0.2) is 0 Å². The highest BCUT2D eigenvalue weighted by molar-refractivity contribution is 4.71. The molecule has 0 bridgehead atoms. The van der Waals surface area contributed by atoms with E-state index in [9.17, 15) is 0 Å². The molecule has 0 aliphatic carbocycles. The Hall–Kier alpha value is -0.160. The van der Waals surface area contributed by atoms with Gasteiger partial charge in [-0.05, 0) is 0 Å². The smallest absolute Gasteiger partial charge is 0.0811 e. The van der Waals surface area contributed by atoms with E-state index in [4.69, 9.17) is 10.8 Å². The Balaban J connectivity index is 2.24. The quantitative estimate of drug-likeness (QED) is 0.428. The number of hydrogen-bond acceptors (Lipinski definition) is 4. The molecule has 1 rings (SSSR count). The van der Waals surface area contributed by atoms with Crippen molar-refractivity contribution in [2.75, 3.05) is 32.8 Å². The Kier molecular flexibility index (Phi) is 3.08. The standard InChI is InChI=1S/C6H15N3O/c7-6(5-10)9-3-1-8-2-4-9/h6,8,10H,1-5,7H2. The van der Waals surface area contributed by atoms with Crippen LogP contribution in [0.2, 0.25) is 0 Å². The monoisotopic (exact) mass is 145 g/mol. The molecule has 1 fully saturated rings. The van der Waals surface area contributed by atoms with Gasteiger partial charge in [0.05, 0.1) is 12.8 Å². The average molecular weight is 145 g/mol. The van der Waals surface area contributed by atoms with Crippen LogP contribution in [0.15, 0.2) is 0 Å². The van der Waals surface area contributed by atoms with Crippen LogP contribution >= 0.6 is 0 Å². The van der Waals surface area contributed by atoms with Crippen LogP contribution in [0.4, 0.5) is 0 Å². The minimum atomic E-state index is -0.165. The summed E-state index contributed by atoms with van der Waals surface area (Å²) in [4.78, 5) is 2.08. The van der Waals surface area contributed by atoms with Crippen LogP contribution in [-0.2, 0) is 0 Å². The van der Waals surface area contributed by atoms with Gasteiger partial charge in [-0.15, -0.1) is 0 Å². The molecule has 60 valence electrons. The molecule has 4 heteroatoms. The normalized spacial score (nSPS) is 24.6. The second-order valence-electron chi connectivity index (χ2n) is 2.54. The molecular weight excluding hydrogens is 130 g/mol. The third-order valence-electron chi connectivity index (χ3n) is 1.81. The summed E-state index contributed by atoms with van der Waals surface area (Å²) in [7, 11) is 0. The highest BCUT2D eigenvalue weighted by atomic mass is 16.3. The molecule has 4 N–H and O–H groups in total. The summed E-state index contributed by atoms with van der Waals surface area (Å²) >= 11 is 0. The van der Waals surface area contributed by atoms with Crippen molar-refractivity contribution >= 4 is 0 Å². The largest absolute Gasteiger partial charge is 0.393 e. The summed E-state index contributed by atoms with van der Waals surface area (Å²) in [5, 5.41) is 11.9. The Morgan fingerprint density at radius 2 is 2.10 bits per heavy atom. The number of aliphatic hydroxyl groups excluding tert-OH is 1. The predicted molar refractivity (Wildman–Crippen MR) is 39.5 cm³/mol. The Morgan fingerprint density at radius 1 is 1.50 bits per heavy atom. The molecule has 0 aromatic carbocycles. The molecule has 4 nitrogen and oxygen atoms in total. The fourth-order valence-corrected chi connectivity index (χ4v) is 1.13. The van der Waals surface area contributed by atoms with E-state index in [2.05, 4.69) is 10.2 Å². The maximum Gasteiger partial charge on any atom is 0.0811 e. The molecule has 1 unspecified atom stereocenters. The van der Waals surface area contributed by atoms with Gasteiger partial charge in [0, 0.05) is 26.2 Å². The van der Waals surface area contributed by atoms with E-state index in [1.165, 1.54) is 0 Å². The van der Waals surface area contributed by atoms with E-state index in [0.717, 1.165) is 26.2 Å². The maximum atomic E-state index is 8.70. The summed E-state index contributed by atoms with van der Waals surface area (Å²) in [5.74, 6) is 0. The van der Waals surface area contributed by atoms with Gasteiger partial charge >= 0.3 is 0 Å². The van der Waals surface area contributed by atoms with Crippen molar-refractivity contribution in [1.82, 2.24) is 10.2 Å². The van der Waals surface area contributed by atoms with E-state index in [0.29, 0.717) is 0 Å². The lowest BCUT2D eigenvalue weighted by Gasteiger charge is -2.31. The van der Waals surface area contributed by atoms with Crippen molar-refractivity contribution in [2.24, 2.45) is 5.73 Å². The number of nitrogens with one attached hydrogen (secondary N) is 1. The highest BCUT2D eigenvalue weighted by Gasteiger charge is 2.14. The van der Waals surface area contributed by atoms with Gasteiger partial charge in [-0.3, -0.25) is 4.90 Å². The average Bonchev–Trinajstić information content (AvgIpc) is 2.05. The van der Waals surface area contributed by atoms with Crippen LogP contribution < -0.4 is 11.1 Å². The van der Waals surface area contributed by atoms with E-state index in [1.54, 1.807) is 0 Å². The second kappa shape index (κ2) is 3.88. The number of nitrogens with two attached hydrogens (primary N) is 1. The van der Waals surface area contributed by atoms with Crippen LogP contribution in [0.25, 0.3) is 0 Å². The Morgan fingerprint density at radius 3 is 2.60 bits per heavy atom. The minimum absolute atomic E-state index is 0.0556. The summed E-state index contributed by atoms with van der Waals surface area (Å²) in [5.41, 5.74) is 5.60. The van der Waals surface area contributed by atoms with Crippen molar-refractivity contribution < 1.29 is 5.11 Å². The first-order chi connectivity index (χ1) is 4.84. The van der Waals surface area contributed by atoms with E-state index < -0.39 is 0 Å². The lowest BCUT2D eigenvalue weighted by atomic mass is 10.3. The molecule has 1 atom stereocenters. The van der Waals surface area contributed by atoms with Gasteiger partial charge < -0.3 is 16.2 Å². The third-order valence-corrected chi connectivity index (χ3v) is 1.81. The highest BCUT2D eigenvalue weighted by Crippen LogP contribution is 1.94. The Bertz CT molecular complexity index is 93.0. The number of rotatable bonds is 2. The van der Waals surface area contributed by atoms with Gasteiger partial charge in [0.2, 0.25) is 0 Å². The van der Waals surface area contributed by atoms with E-state index >= 15 is 0 Å². The fourth-order valence-electron chi connectivity index (χ4n) is 1.13. The van der Waals surface area contributed by atoms with Crippen LogP contribution in [-0.4, -0.2) is 49.0 Å². The lowest BCUT2D eigenvalue weighted by molar-refractivity contribution is 0.114. The van der Waals surface area contributed by atoms with Crippen molar-refractivity contribution in [2.45, 2.75) is 6.17 Å². The number of nitrogens with zero attached hydrogens (tertiary/aromatic N) is 1. The molecule has 10 heavy (non-hydrogen) atoms. The fraction of sp³-hybridized carbons (Fsp3) is 1.00. The van der Waals surface area contributed by atoms with Crippen molar-refractivity contribution in [3.05, 3.63) is 0 Å². The van der Waals surface area contributed by atoms with E-state index in [1.807, 2.05) is 0 Å². The van der Waals surface area contributed by atoms with E-state index in [-0.39, 0.29) is 12.8 Å². The molecule has 0 spiro atoms. The molecule has 0 saturated carbocycles. The van der Waals surface area contributed by atoms with Gasteiger partial charge in [0.1, 0.15) is 0 Å². The number of hydrogen-bond donors (Lipinski definition) is 3. The molecule has 0 amide bonds. The third kappa shape index (κ3) is 1.91. The predicted octanol–water partition coefficient (Wildman–Crippen LogP) is -1.83. The van der Waals surface area contributed by atoms with Crippen molar-refractivity contribution in [1.29, 1.82) is 0 Å². The maximum absolute atomic E-state index is 8.70. The first-order valence-corrected chi connectivity index (χ1v) is 3.66. The molecule has 1 aliphatic rings. The summed E-state index contributed by atoms with van der Waals surface area (Å²) in [6.07, 6.45) is -0.165. The Labute approximate surface area is 61.0 Å². The first-order valence-electron chi connectivity index (χ1n) is 3.66. The van der Waals surface area contributed by atoms with Gasteiger partial charge in [-0.2, -0.15) is 0 Å². The van der Waals surface area contributed by atoms with Crippen LogP contribution in [0, 0.1) is 0 Å². The molecule has 1 saturated heterocycles. The zero-order chi connectivity index (χ0) is 7.40. The molecule has 0 aromatic rings. The van der Waals surface area contributed by atoms with Gasteiger partial charge in [0.15, 0.2) is 0 Å². The SMILES string of the molecule is NC(CO)N1CCNCC1. The summed E-state index contributed by atoms with van der Waals surface area (Å²) in [6.45, 7) is 3.91. The van der Waals surface area contributed by atoms with Gasteiger partial charge in [0.25, 0.3) is 0 Å². The molecule has 1 aliphatic heterocycles. The molecular formula is C6H15N3O. The summed E-state index contributed by atoms with van der Waals surface area (Å²) < 4.78 is 0.